The van der Waals surface area contributed by atoms with Gasteiger partial charge < -0.3 is 14.6 Å². The van der Waals surface area contributed by atoms with E-state index in [9.17, 15) is 5.11 Å². The average Bonchev–Trinajstić information content (AvgIpc) is 2.25. The Morgan fingerprint density at radius 3 is 2.47 bits per heavy atom. The third-order valence-corrected chi connectivity index (χ3v) is 3.54. The molecule has 0 aromatic heterocycles. The van der Waals surface area contributed by atoms with Gasteiger partial charge in [-0.1, -0.05) is 26.8 Å². The summed E-state index contributed by atoms with van der Waals surface area (Å²) in [5.41, 5.74) is 0. The second kappa shape index (κ2) is 5.64. The highest BCUT2D eigenvalue weighted by molar-refractivity contribution is 4.82. The molecular weight excluding hydrogens is 192 g/mol. The number of hydrogen-bond donors (Lipinski definition) is 1. The standard InChI is InChI=1S/C12H22O3/c1-5-6-14-12-10(4)8(2)9(3)11(7-13)15-12/h5,8-13H,1,6-7H2,2-4H3/t8-,9-,10+,11+,12?/m0/s1. The fourth-order valence-corrected chi connectivity index (χ4v) is 2.05. The van der Waals surface area contributed by atoms with Crippen LogP contribution in [0, 0.1) is 17.8 Å². The van der Waals surface area contributed by atoms with Crippen molar-refractivity contribution >= 4 is 0 Å². The minimum atomic E-state index is -0.216. The maximum atomic E-state index is 9.21. The van der Waals surface area contributed by atoms with E-state index in [1.54, 1.807) is 6.08 Å². The third kappa shape index (κ3) is 2.80. The number of aliphatic hydroxyl groups is 1. The second-order valence-electron chi connectivity index (χ2n) is 4.42. The Hall–Kier alpha value is -0.380. The summed E-state index contributed by atoms with van der Waals surface area (Å²) in [5, 5.41) is 9.21. The van der Waals surface area contributed by atoms with E-state index in [-0.39, 0.29) is 19.0 Å². The molecule has 1 aliphatic rings. The first-order valence-electron chi connectivity index (χ1n) is 5.60. The van der Waals surface area contributed by atoms with Crippen LogP contribution in [0.1, 0.15) is 20.8 Å². The van der Waals surface area contributed by atoms with E-state index in [1.807, 2.05) is 0 Å². The minimum absolute atomic E-state index is 0.0617. The number of rotatable bonds is 4. The van der Waals surface area contributed by atoms with Crippen LogP contribution in [-0.2, 0) is 9.47 Å². The highest BCUT2D eigenvalue weighted by Crippen LogP contribution is 2.35. The summed E-state index contributed by atoms with van der Waals surface area (Å²) >= 11 is 0. The van der Waals surface area contributed by atoms with Gasteiger partial charge >= 0.3 is 0 Å². The van der Waals surface area contributed by atoms with Crippen molar-refractivity contribution in [2.24, 2.45) is 17.8 Å². The van der Waals surface area contributed by atoms with Gasteiger partial charge in [0.25, 0.3) is 0 Å². The van der Waals surface area contributed by atoms with Crippen molar-refractivity contribution in [1.82, 2.24) is 0 Å². The molecule has 0 radical (unpaired) electrons. The van der Waals surface area contributed by atoms with Gasteiger partial charge in [0.2, 0.25) is 0 Å². The van der Waals surface area contributed by atoms with Crippen molar-refractivity contribution < 1.29 is 14.6 Å². The lowest BCUT2D eigenvalue weighted by molar-refractivity contribution is -0.250. The summed E-state index contributed by atoms with van der Waals surface area (Å²) in [4.78, 5) is 0. The fourth-order valence-electron chi connectivity index (χ4n) is 2.05. The van der Waals surface area contributed by atoms with Gasteiger partial charge in [-0.2, -0.15) is 0 Å². The number of ether oxygens (including phenoxy) is 2. The number of aliphatic hydroxyl groups excluding tert-OH is 1. The van der Waals surface area contributed by atoms with Crippen LogP contribution >= 0.6 is 0 Å². The van der Waals surface area contributed by atoms with Crippen molar-refractivity contribution in [3.05, 3.63) is 12.7 Å². The highest BCUT2D eigenvalue weighted by Gasteiger charge is 2.38. The first kappa shape index (κ1) is 12.7. The molecule has 15 heavy (non-hydrogen) atoms. The largest absolute Gasteiger partial charge is 0.394 e. The lowest BCUT2D eigenvalue weighted by Crippen LogP contribution is -2.47. The van der Waals surface area contributed by atoms with Gasteiger partial charge in [-0.25, -0.2) is 0 Å². The van der Waals surface area contributed by atoms with Gasteiger partial charge in [0.05, 0.1) is 19.3 Å². The normalized spacial score (nSPS) is 41.5. The smallest absolute Gasteiger partial charge is 0.161 e. The zero-order chi connectivity index (χ0) is 11.4. The monoisotopic (exact) mass is 214 g/mol. The minimum Gasteiger partial charge on any atom is -0.394 e. The molecule has 0 aliphatic carbocycles. The SMILES string of the molecule is C=CCOC1O[C@H](CO)[C@@H](C)[C@H](C)[C@H]1C. The molecule has 5 atom stereocenters. The highest BCUT2D eigenvalue weighted by atomic mass is 16.7. The summed E-state index contributed by atoms with van der Waals surface area (Å²) < 4.78 is 11.3. The van der Waals surface area contributed by atoms with Crippen LogP contribution in [0.15, 0.2) is 12.7 Å². The molecule has 0 aromatic carbocycles. The molecule has 0 amide bonds. The molecule has 88 valence electrons. The van der Waals surface area contributed by atoms with Crippen molar-refractivity contribution in [2.75, 3.05) is 13.2 Å². The summed E-state index contributed by atoms with van der Waals surface area (Å²) in [5.74, 6) is 1.21. The Balaban J connectivity index is 2.60. The average molecular weight is 214 g/mol. The molecule has 1 heterocycles. The molecule has 0 bridgehead atoms. The quantitative estimate of drug-likeness (QED) is 0.725. The summed E-state index contributed by atoms with van der Waals surface area (Å²) in [6.07, 6.45) is 1.39. The van der Waals surface area contributed by atoms with Crippen molar-refractivity contribution in [3.8, 4) is 0 Å². The zero-order valence-corrected chi connectivity index (χ0v) is 9.85. The third-order valence-electron chi connectivity index (χ3n) is 3.54. The fraction of sp³-hybridized carbons (Fsp3) is 0.833. The van der Waals surface area contributed by atoms with Crippen LogP contribution in [0.5, 0.6) is 0 Å². The Labute approximate surface area is 92.1 Å². The summed E-state index contributed by atoms with van der Waals surface area (Å²) in [6.45, 7) is 10.6. The van der Waals surface area contributed by atoms with Crippen LogP contribution < -0.4 is 0 Å². The van der Waals surface area contributed by atoms with E-state index in [4.69, 9.17) is 9.47 Å². The molecule has 1 rings (SSSR count). The number of hydrogen-bond acceptors (Lipinski definition) is 3. The topological polar surface area (TPSA) is 38.7 Å². The lowest BCUT2D eigenvalue weighted by atomic mass is 9.79. The Morgan fingerprint density at radius 2 is 1.93 bits per heavy atom. The van der Waals surface area contributed by atoms with E-state index in [1.165, 1.54) is 0 Å². The molecular formula is C12H22O3. The van der Waals surface area contributed by atoms with Crippen molar-refractivity contribution in [2.45, 2.75) is 33.2 Å². The Kier molecular flexibility index (Phi) is 4.77. The lowest BCUT2D eigenvalue weighted by Gasteiger charge is -2.42. The van der Waals surface area contributed by atoms with Crippen LogP contribution in [0.25, 0.3) is 0 Å². The first-order chi connectivity index (χ1) is 7.11. The Bertz CT molecular complexity index is 203. The van der Waals surface area contributed by atoms with Gasteiger partial charge in [0.15, 0.2) is 6.29 Å². The van der Waals surface area contributed by atoms with Gasteiger partial charge in [0.1, 0.15) is 0 Å². The maximum Gasteiger partial charge on any atom is 0.161 e. The summed E-state index contributed by atoms with van der Waals surface area (Å²) in [7, 11) is 0. The van der Waals surface area contributed by atoms with Gasteiger partial charge in [-0.15, -0.1) is 6.58 Å². The molecule has 0 saturated carbocycles. The molecule has 1 aliphatic heterocycles. The Morgan fingerprint density at radius 1 is 1.27 bits per heavy atom. The molecule has 1 N–H and O–H groups in total. The molecule has 3 heteroatoms. The maximum absolute atomic E-state index is 9.21. The van der Waals surface area contributed by atoms with Crippen molar-refractivity contribution in [1.29, 1.82) is 0 Å². The van der Waals surface area contributed by atoms with Gasteiger partial charge in [-0.3, -0.25) is 0 Å². The molecule has 0 aromatic rings. The first-order valence-corrected chi connectivity index (χ1v) is 5.60. The molecule has 1 saturated heterocycles. The van der Waals surface area contributed by atoms with E-state index in [2.05, 4.69) is 27.4 Å². The van der Waals surface area contributed by atoms with Crippen LogP contribution in [-0.4, -0.2) is 30.7 Å². The van der Waals surface area contributed by atoms with Gasteiger partial charge in [0, 0.05) is 5.92 Å². The van der Waals surface area contributed by atoms with Crippen LogP contribution in [0.4, 0.5) is 0 Å². The predicted octanol–water partition coefficient (Wildman–Crippen LogP) is 1.81. The predicted molar refractivity (Wildman–Crippen MR) is 59.4 cm³/mol. The summed E-state index contributed by atoms with van der Waals surface area (Å²) in [6, 6.07) is 0. The van der Waals surface area contributed by atoms with Crippen LogP contribution in [0.3, 0.4) is 0 Å². The second-order valence-corrected chi connectivity index (χ2v) is 4.42. The molecule has 1 unspecified atom stereocenters. The molecule has 0 spiro atoms. The van der Waals surface area contributed by atoms with Crippen molar-refractivity contribution in [3.63, 3.8) is 0 Å². The van der Waals surface area contributed by atoms with Gasteiger partial charge in [-0.05, 0) is 11.8 Å². The van der Waals surface area contributed by atoms with Crippen LogP contribution in [0.2, 0.25) is 0 Å². The molecule has 1 fully saturated rings. The van der Waals surface area contributed by atoms with E-state index in [0.29, 0.717) is 24.4 Å². The van der Waals surface area contributed by atoms with E-state index < -0.39 is 0 Å². The van der Waals surface area contributed by atoms with E-state index >= 15 is 0 Å². The van der Waals surface area contributed by atoms with E-state index in [0.717, 1.165) is 0 Å². The zero-order valence-electron chi connectivity index (χ0n) is 9.85. The molecule has 3 nitrogen and oxygen atoms in total.